The summed E-state index contributed by atoms with van der Waals surface area (Å²) in [5, 5.41) is 3.56. The lowest BCUT2D eigenvalue weighted by Gasteiger charge is -2.16. The fourth-order valence-corrected chi connectivity index (χ4v) is 1.03. The third-order valence-electron chi connectivity index (χ3n) is 1.96. The quantitative estimate of drug-likeness (QED) is 0.462. The first-order chi connectivity index (χ1) is 7.43. The Kier molecular flexibility index (Phi) is 3.73. The van der Waals surface area contributed by atoms with Crippen molar-refractivity contribution in [2.75, 3.05) is 0 Å². The Bertz CT molecular complexity index is 401. The number of benzene rings is 1. The molecule has 16 heavy (non-hydrogen) atoms. The zero-order valence-electron chi connectivity index (χ0n) is 9.31. The maximum Gasteiger partial charge on any atom is 0.123 e. The second-order valence-electron chi connectivity index (χ2n) is 3.97. The summed E-state index contributed by atoms with van der Waals surface area (Å²) < 4.78 is 12.6. The van der Waals surface area contributed by atoms with E-state index in [1.807, 2.05) is 0 Å². The van der Waals surface area contributed by atoms with Crippen molar-refractivity contribution in [3.05, 3.63) is 30.1 Å². The molecule has 0 saturated heterocycles. The van der Waals surface area contributed by atoms with Crippen LogP contribution in [0.25, 0.3) is 0 Å². The standard InChI is InChI=1S/C11H15FN4/c1-11(2,13)10(16-14)7-15-9-5-3-8(12)4-6-9/h3-7H,13-14H2,1-2H3/b15-7?,16-10+. The first-order valence-corrected chi connectivity index (χ1v) is 4.80. The van der Waals surface area contributed by atoms with Crippen LogP contribution < -0.4 is 11.6 Å². The molecule has 4 nitrogen and oxygen atoms in total. The van der Waals surface area contributed by atoms with Crippen molar-refractivity contribution in [1.29, 1.82) is 0 Å². The minimum absolute atomic E-state index is 0.300. The lowest BCUT2D eigenvalue weighted by atomic mass is 10.0. The molecule has 0 aliphatic rings. The van der Waals surface area contributed by atoms with Crippen LogP contribution in [0.4, 0.5) is 10.1 Å². The highest BCUT2D eigenvalue weighted by molar-refractivity contribution is 6.34. The Labute approximate surface area is 93.9 Å². The lowest BCUT2D eigenvalue weighted by molar-refractivity contribution is 0.628. The molecular weight excluding hydrogens is 207 g/mol. The fourth-order valence-electron chi connectivity index (χ4n) is 1.03. The van der Waals surface area contributed by atoms with Gasteiger partial charge in [0.25, 0.3) is 0 Å². The number of nitrogens with zero attached hydrogens (tertiary/aromatic N) is 2. The Morgan fingerprint density at radius 1 is 1.31 bits per heavy atom. The summed E-state index contributed by atoms with van der Waals surface area (Å²) in [6.07, 6.45) is 1.48. The van der Waals surface area contributed by atoms with E-state index in [0.717, 1.165) is 0 Å². The largest absolute Gasteiger partial charge is 0.323 e. The van der Waals surface area contributed by atoms with Gasteiger partial charge in [-0.1, -0.05) is 0 Å². The highest BCUT2D eigenvalue weighted by atomic mass is 19.1. The molecule has 0 aliphatic heterocycles. The Morgan fingerprint density at radius 2 is 1.88 bits per heavy atom. The summed E-state index contributed by atoms with van der Waals surface area (Å²) in [6, 6.07) is 5.78. The number of rotatable bonds is 3. The average Bonchev–Trinajstić information content (AvgIpc) is 2.19. The van der Waals surface area contributed by atoms with E-state index in [9.17, 15) is 4.39 Å². The van der Waals surface area contributed by atoms with E-state index < -0.39 is 5.54 Å². The first-order valence-electron chi connectivity index (χ1n) is 4.80. The smallest absolute Gasteiger partial charge is 0.123 e. The predicted molar refractivity (Wildman–Crippen MR) is 64.4 cm³/mol. The van der Waals surface area contributed by atoms with Gasteiger partial charge in [0.05, 0.1) is 23.2 Å². The number of hydrazone groups is 1. The maximum atomic E-state index is 12.6. The van der Waals surface area contributed by atoms with Crippen molar-refractivity contribution < 1.29 is 4.39 Å². The summed E-state index contributed by atoms with van der Waals surface area (Å²) in [5.41, 5.74) is 6.25. The Balaban J connectivity index is 2.84. The van der Waals surface area contributed by atoms with Crippen LogP contribution in [0, 0.1) is 5.82 Å². The van der Waals surface area contributed by atoms with E-state index in [2.05, 4.69) is 10.1 Å². The van der Waals surface area contributed by atoms with Gasteiger partial charge >= 0.3 is 0 Å². The van der Waals surface area contributed by atoms with Gasteiger partial charge in [0.2, 0.25) is 0 Å². The van der Waals surface area contributed by atoms with Crippen molar-refractivity contribution in [3.8, 4) is 0 Å². The molecule has 0 unspecified atom stereocenters. The fraction of sp³-hybridized carbons (Fsp3) is 0.273. The Morgan fingerprint density at radius 3 is 2.31 bits per heavy atom. The van der Waals surface area contributed by atoms with E-state index in [4.69, 9.17) is 11.6 Å². The van der Waals surface area contributed by atoms with Crippen molar-refractivity contribution >= 4 is 17.6 Å². The van der Waals surface area contributed by atoms with Crippen LogP contribution >= 0.6 is 0 Å². The molecule has 1 rings (SSSR count). The van der Waals surface area contributed by atoms with Crippen molar-refractivity contribution in [1.82, 2.24) is 0 Å². The normalized spacial score (nSPS) is 13.4. The topological polar surface area (TPSA) is 76.8 Å². The third kappa shape index (κ3) is 3.43. The van der Waals surface area contributed by atoms with Crippen LogP contribution in [-0.2, 0) is 0 Å². The molecule has 1 aromatic rings. The van der Waals surface area contributed by atoms with Gasteiger partial charge in [0.15, 0.2) is 0 Å². The lowest BCUT2D eigenvalue weighted by Crippen LogP contribution is -2.43. The van der Waals surface area contributed by atoms with E-state index in [-0.39, 0.29) is 5.82 Å². The molecule has 5 heteroatoms. The molecule has 0 aromatic heterocycles. The van der Waals surface area contributed by atoms with Crippen molar-refractivity contribution in [3.63, 3.8) is 0 Å². The molecule has 0 radical (unpaired) electrons. The molecule has 0 bridgehead atoms. The van der Waals surface area contributed by atoms with E-state index >= 15 is 0 Å². The second-order valence-corrected chi connectivity index (χ2v) is 3.97. The third-order valence-corrected chi connectivity index (χ3v) is 1.96. The van der Waals surface area contributed by atoms with E-state index in [0.29, 0.717) is 11.4 Å². The molecular formula is C11H15FN4. The number of halogens is 1. The van der Waals surface area contributed by atoms with E-state index in [1.165, 1.54) is 18.3 Å². The highest BCUT2D eigenvalue weighted by Crippen LogP contribution is 2.11. The summed E-state index contributed by atoms with van der Waals surface area (Å²) in [7, 11) is 0. The van der Waals surface area contributed by atoms with Crippen LogP contribution in [0.3, 0.4) is 0 Å². The van der Waals surface area contributed by atoms with Gasteiger partial charge in [0.1, 0.15) is 5.82 Å². The molecule has 0 saturated carbocycles. The summed E-state index contributed by atoms with van der Waals surface area (Å²) in [4.78, 5) is 4.10. The van der Waals surface area contributed by atoms with Crippen molar-refractivity contribution in [2.24, 2.45) is 21.7 Å². The number of aliphatic imine (C=N–C) groups is 1. The van der Waals surface area contributed by atoms with Gasteiger partial charge in [-0.15, -0.1) is 0 Å². The number of hydrogen-bond acceptors (Lipinski definition) is 4. The average molecular weight is 222 g/mol. The van der Waals surface area contributed by atoms with Gasteiger partial charge < -0.3 is 11.6 Å². The molecule has 0 heterocycles. The molecule has 0 aliphatic carbocycles. The monoisotopic (exact) mass is 222 g/mol. The summed E-state index contributed by atoms with van der Waals surface area (Å²) >= 11 is 0. The van der Waals surface area contributed by atoms with Gasteiger partial charge in [-0.25, -0.2) is 4.39 Å². The van der Waals surface area contributed by atoms with Gasteiger partial charge in [-0.05, 0) is 38.1 Å². The minimum Gasteiger partial charge on any atom is -0.323 e. The van der Waals surface area contributed by atoms with Gasteiger partial charge in [-0.3, -0.25) is 4.99 Å². The highest BCUT2D eigenvalue weighted by Gasteiger charge is 2.17. The molecule has 0 atom stereocenters. The zero-order valence-corrected chi connectivity index (χ0v) is 9.31. The summed E-state index contributed by atoms with van der Waals surface area (Å²) in [6.45, 7) is 3.55. The molecule has 1 aromatic carbocycles. The molecule has 0 amide bonds. The number of nitrogens with two attached hydrogens (primary N) is 2. The molecule has 0 spiro atoms. The molecule has 86 valence electrons. The van der Waals surface area contributed by atoms with Gasteiger partial charge in [-0.2, -0.15) is 5.10 Å². The SMILES string of the molecule is CC(C)(N)/C(C=Nc1ccc(F)cc1)=N/N. The first kappa shape index (κ1) is 12.3. The van der Waals surface area contributed by atoms with Crippen LogP contribution in [0.5, 0.6) is 0 Å². The van der Waals surface area contributed by atoms with E-state index in [1.54, 1.807) is 26.0 Å². The van der Waals surface area contributed by atoms with Gasteiger partial charge in [0, 0.05) is 0 Å². The van der Waals surface area contributed by atoms with Crippen molar-refractivity contribution in [2.45, 2.75) is 19.4 Å². The van der Waals surface area contributed by atoms with Crippen LogP contribution in [0.1, 0.15) is 13.8 Å². The molecule has 0 fully saturated rings. The zero-order chi connectivity index (χ0) is 12.2. The maximum absolute atomic E-state index is 12.6. The van der Waals surface area contributed by atoms with Crippen LogP contribution in [0.2, 0.25) is 0 Å². The Hall–Kier alpha value is -1.75. The molecule has 4 N–H and O–H groups in total. The second kappa shape index (κ2) is 4.85. The van der Waals surface area contributed by atoms with Crippen LogP contribution in [-0.4, -0.2) is 17.5 Å². The van der Waals surface area contributed by atoms with Crippen LogP contribution in [0.15, 0.2) is 34.4 Å². The predicted octanol–water partition coefficient (Wildman–Crippen LogP) is 1.58. The number of hydrogen-bond donors (Lipinski definition) is 2. The summed E-state index contributed by atoms with van der Waals surface area (Å²) in [5.74, 6) is 4.90. The minimum atomic E-state index is -0.654.